The van der Waals surface area contributed by atoms with Crippen LogP contribution in [0.2, 0.25) is 10.0 Å². The van der Waals surface area contributed by atoms with Crippen LogP contribution in [0.4, 0.5) is 0 Å². The van der Waals surface area contributed by atoms with E-state index in [4.69, 9.17) is 27.9 Å². The fraction of sp³-hybridized carbons (Fsp3) is 0.455. The number of carbonyl (C=O) groups excluding carboxylic acids is 1. The Kier molecular flexibility index (Phi) is 7.23. The second kappa shape index (κ2) is 10.1. The van der Waals surface area contributed by atoms with E-state index < -0.39 is 6.04 Å². The Bertz CT molecular complexity index is 853. The van der Waals surface area contributed by atoms with Gasteiger partial charge >= 0.3 is 0 Å². The zero-order valence-electron chi connectivity index (χ0n) is 16.8. The van der Waals surface area contributed by atoms with E-state index in [2.05, 4.69) is 20.9 Å². The van der Waals surface area contributed by atoms with Crippen LogP contribution in [0.5, 0.6) is 0 Å². The first-order chi connectivity index (χ1) is 14.6. The van der Waals surface area contributed by atoms with Crippen molar-refractivity contribution in [3.05, 3.63) is 63.9 Å². The van der Waals surface area contributed by atoms with Gasteiger partial charge in [-0.25, -0.2) is 0 Å². The summed E-state index contributed by atoms with van der Waals surface area (Å²) in [6, 6.07) is 9.02. The van der Waals surface area contributed by atoms with E-state index in [0.717, 1.165) is 25.2 Å². The third-order valence-electron chi connectivity index (χ3n) is 5.71. The molecule has 2 aliphatic rings. The summed E-state index contributed by atoms with van der Waals surface area (Å²) in [5.41, 5.74) is 2.00. The Morgan fingerprint density at radius 2 is 1.83 bits per heavy atom. The van der Waals surface area contributed by atoms with Gasteiger partial charge in [-0.2, -0.15) is 0 Å². The van der Waals surface area contributed by atoms with Gasteiger partial charge in [0.15, 0.2) is 0 Å². The van der Waals surface area contributed by atoms with Gasteiger partial charge in [0.1, 0.15) is 6.04 Å². The number of rotatable bonds is 5. The Balaban J connectivity index is 1.46. The van der Waals surface area contributed by atoms with Gasteiger partial charge in [-0.1, -0.05) is 35.3 Å². The van der Waals surface area contributed by atoms with Crippen molar-refractivity contribution in [1.29, 1.82) is 0 Å². The molecule has 30 heavy (non-hydrogen) atoms. The highest BCUT2D eigenvalue weighted by atomic mass is 35.5. The van der Waals surface area contributed by atoms with Crippen molar-refractivity contribution in [3.8, 4) is 0 Å². The Morgan fingerprint density at radius 1 is 1.07 bits per heavy atom. The average molecular weight is 449 g/mol. The van der Waals surface area contributed by atoms with Gasteiger partial charge in [0.2, 0.25) is 5.91 Å². The molecule has 1 aromatic carbocycles. The van der Waals surface area contributed by atoms with Crippen LogP contribution >= 0.6 is 23.2 Å². The van der Waals surface area contributed by atoms with Gasteiger partial charge in [-0.15, -0.1) is 0 Å². The first-order valence-electron chi connectivity index (χ1n) is 10.3. The highest BCUT2D eigenvalue weighted by Gasteiger charge is 2.35. The lowest BCUT2D eigenvalue weighted by Gasteiger charge is -2.40. The van der Waals surface area contributed by atoms with E-state index in [0.29, 0.717) is 49.4 Å². The summed E-state index contributed by atoms with van der Waals surface area (Å²) < 4.78 is 5.50. The Labute approximate surface area is 187 Å². The summed E-state index contributed by atoms with van der Waals surface area (Å²) in [4.78, 5) is 24.3. The van der Waals surface area contributed by atoms with Crippen LogP contribution in [0.15, 0.2) is 42.7 Å². The molecular formula is C22H26Cl2N4O2. The highest BCUT2D eigenvalue weighted by Crippen LogP contribution is 2.32. The van der Waals surface area contributed by atoms with E-state index in [-0.39, 0.29) is 5.91 Å². The smallest absolute Gasteiger partial charge is 0.244 e. The largest absolute Gasteiger partial charge is 0.379 e. The lowest BCUT2D eigenvalue weighted by molar-refractivity contribution is -0.141. The number of hydrogen-bond acceptors (Lipinski definition) is 5. The van der Waals surface area contributed by atoms with Crippen molar-refractivity contribution in [2.75, 3.05) is 52.5 Å². The number of morpholine rings is 1. The van der Waals surface area contributed by atoms with Gasteiger partial charge in [0.05, 0.1) is 13.2 Å². The van der Waals surface area contributed by atoms with Crippen molar-refractivity contribution in [3.63, 3.8) is 0 Å². The summed E-state index contributed by atoms with van der Waals surface area (Å²) >= 11 is 12.6. The molecule has 0 saturated carbocycles. The number of ether oxygens (including phenoxy) is 1. The van der Waals surface area contributed by atoms with Crippen LogP contribution in [-0.2, 0) is 16.1 Å². The minimum Gasteiger partial charge on any atom is -0.379 e. The molecule has 3 heterocycles. The molecule has 2 aromatic rings. The summed E-state index contributed by atoms with van der Waals surface area (Å²) in [6.45, 7) is 6.58. The molecule has 2 aliphatic heterocycles. The number of carbonyl (C=O) groups is 1. The fourth-order valence-corrected chi connectivity index (χ4v) is 4.61. The minimum atomic E-state index is -0.413. The number of hydrogen-bond donors (Lipinski definition) is 0. The number of aromatic nitrogens is 1. The van der Waals surface area contributed by atoms with Gasteiger partial charge in [-0.3, -0.25) is 19.6 Å². The first-order valence-corrected chi connectivity index (χ1v) is 11.0. The average Bonchev–Trinajstić information content (AvgIpc) is 2.77. The monoisotopic (exact) mass is 448 g/mol. The Hall–Kier alpha value is -1.70. The minimum absolute atomic E-state index is 0.0992. The predicted octanol–water partition coefficient (Wildman–Crippen LogP) is 3.11. The maximum atomic E-state index is 13.6. The van der Waals surface area contributed by atoms with Crippen LogP contribution in [-0.4, -0.2) is 78.1 Å². The standard InChI is InChI=1S/C22H26Cl2N4O2/c23-18-3-4-19(20(24)14-18)21(27-10-12-30-13-11-27)22(29)28-8-6-26(7-9-28)16-17-2-1-5-25-15-17/h1-5,14-15,21H,6-13,16H2. The van der Waals surface area contributed by atoms with E-state index in [9.17, 15) is 4.79 Å². The first kappa shape index (κ1) is 21.5. The third-order valence-corrected chi connectivity index (χ3v) is 6.28. The van der Waals surface area contributed by atoms with Crippen LogP contribution in [0.25, 0.3) is 0 Å². The highest BCUT2D eigenvalue weighted by molar-refractivity contribution is 6.35. The van der Waals surface area contributed by atoms with E-state index >= 15 is 0 Å². The number of amides is 1. The van der Waals surface area contributed by atoms with Crippen molar-refractivity contribution in [2.24, 2.45) is 0 Å². The maximum absolute atomic E-state index is 13.6. The number of benzene rings is 1. The van der Waals surface area contributed by atoms with Crippen molar-refractivity contribution < 1.29 is 9.53 Å². The third kappa shape index (κ3) is 5.13. The van der Waals surface area contributed by atoms with E-state index in [1.54, 1.807) is 18.3 Å². The number of piperazine rings is 1. The molecule has 0 spiro atoms. The molecular weight excluding hydrogens is 423 g/mol. The van der Waals surface area contributed by atoms with E-state index in [1.165, 1.54) is 5.56 Å². The molecule has 1 amide bonds. The van der Waals surface area contributed by atoms with Crippen LogP contribution < -0.4 is 0 Å². The van der Waals surface area contributed by atoms with Crippen molar-refractivity contribution in [2.45, 2.75) is 12.6 Å². The van der Waals surface area contributed by atoms with Gasteiger partial charge in [-0.05, 0) is 29.3 Å². The second-order valence-corrected chi connectivity index (χ2v) is 8.52. The zero-order valence-corrected chi connectivity index (χ0v) is 18.4. The SMILES string of the molecule is O=C(C(c1ccc(Cl)cc1Cl)N1CCOCC1)N1CCN(Cc2cccnc2)CC1. The normalized spacial score (nSPS) is 19.6. The number of pyridine rings is 1. The maximum Gasteiger partial charge on any atom is 0.244 e. The lowest BCUT2D eigenvalue weighted by atomic mass is 10.0. The molecule has 4 rings (SSSR count). The second-order valence-electron chi connectivity index (χ2n) is 7.68. The van der Waals surface area contributed by atoms with Crippen molar-refractivity contribution in [1.82, 2.24) is 19.7 Å². The molecule has 1 unspecified atom stereocenters. The summed E-state index contributed by atoms with van der Waals surface area (Å²) in [5.74, 6) is 0.0992. The van der Waals surface area contributed by atoms with Gasteiger partial charge in [0.25, 0.3) is 0 Å². The predicted molar refractivity (Wildman–Crippen MR) is 118 cm³/mol. The molecule has 0 N–H and O–H groups in total. The molecule has 0 aliphatic carbocycles. The number of halogens is 2. The summed E-state index contributed by atoms with van der Waals surface area (Å²) in [7, 11) is 0. The van der Waals surface area contributed by atoms with Crippen LogP contribution in [0, 0.1) is 0 Å². The fourth-order valence-electron chi connectivity index (χ4n) is 4.09. The van der Waals surface area contributed by atoms with Crippen LogP contribution in [0.1, 0.15) is 17.2 Å². The van der Waals surface area contributed by atoms with Crippen molar-refractivity contribution >= 4 is 29.1 Å². The molecule has 8 heteroatoms. The summed E-state index contributed by atoms with van der Waals surface area (Å²) in [5, 5.41) is 1.10. The topological polar surface area (TPSA) is 48.9 Å². The molecule has 0 radical (unpaired) electrons. The van der Waals surface area contributed by atoms with E-state index in [1.807, 2.05) is 23.2 Å². The molecule has 1 atom stereocenters. The molecule has 1 aromatic heterocycles. The molecule has 6 nitrogen and oxygen atoms in total. The van der Waals surface area contributed by atoms with Gasteiger partial charge in [0, 0.05) is 68.3 Å². The zero-order chi connectivity index (χ0) is 20.9. The van der Waals surface area contributed by atoms with Crippen LogP contribution in [0.3, 0.4) is 0 Å². The quantitative estimate of drug-likeness (QED) is 0.702. The lowest BCUT2D eigenvalue weighted by Crippen LogP contribution is -2.53. The molecule has 160 valence electrons. The summed E-state index contributed by atoms with van der Waals surface area (Å²) in [6.07, 6.45) is 3.68. The molecule has 2 saturated heterocycles. The Morgan fingerprint density at radius 3 is 2.50 bits per heavy atom. The van der Waals surface area contributed by atoms with Gasteiger partial charge < -0.3 is 9.64 Å². The number of nitrogens with zero attached hydrogens (tertiary/aromatic N) is 4. The molecule has 0 bridgehead atoms. The molecule has 2 fully saturated rings.